The lowest BCUT2D eigenvalue weighted by atomic mass is 9.44. The summed E-state index contributed by atoms with van der Waals surface area (Å²) in [5, 5.41) is 10.3. The molecule has 1 N–H and O–H groups in total. The summed E-state index contributed by atoms with van der Waals surface area (Å²) in [5.41, 5.74) is 0.664. The molecule has 29 heavy (non-hydrogen) atoms. The molecular weight excluding hydrogens is 364 g/mol. The number of epoxide rings is 1. The second kappa shape index (κ2) is 6.69. The molecule has 164 valence electrons. The molecule has 0 aromatic rings. The van der Waals surface area contributed by atoms with E-state index >= 15 is 0 Å². The van der Waals surface area contributed by atoms with E-state index in [-0.39, 0.29) is 23.1 Å². The van der Waals surface area contributed by atoms with Crippen molar-refractivity contribution in [1.82, 2.24) is 0 Å². The fraction of sp³-hybridized carbons (Fsp3) is 0.960. The Hall–Kier alpha value is -0.610. The van der Waals surface area contributed by atoms with Crippen molar-refractivity contribution >= 4 is 5.97 Å². The van der Waals surface area contributed by atoms with Gasteiger partial charge in [-0.05, 0) is 86.4 Å². The van der Waals surface area contributed by atoms with Crippen molar-refractivity contribution in [2.24, 2.45) is 40.4 Å². The molecule has 4 heteroatoms. The van der Waals surface area contributed by atoms with Crippen LogP contribution in [-0.4, -0.2) is 36.0 Å². The van der Waals surface area contributed by atoms with Gasteiger partial charge in [0.15, 0.2) is 0 Å². The lowest BCUT2D eigenvalue weighted by molar-refractivity contribution is -0.141. The van der Waals surface area contributed by atoms with E-state index in [0.717, 1.165) is 49.4 Å². The van der Waals surface area contributed by atoms with Gasteiger partial charge in [0.05, 0.1) is 19.3 Å². The van der Waals surface area contributed by atoms with Gasteiger partial charge in [0.2, 0.25) is 0 Å². The quantitative estimate of drug-likeness (QED) is 0.544. The highest BCUT2D eigenvalue weighted by molar-refractivity contribution is 5.69. The zero-order valence-corrected chi connectivity index (χ0v) is 18.8. The van der Waals surface area contributed by atoms with Gasteiger partial charge < -0.3 is 14.6 Å². The van der Waals surface area contributed by atoms with E-state index in [1.165, 1.54) is 39.2 Å². The molecule has 1 spiro atoms. The van der Waals surface area contributed by atoms with Gasteiger partial charge >= 0.3 is 5.97 Å². The molecular formula is C25H40O4. The summed E-state index contributed by atoms with van der Waals surface area (Å²) in [5.74, 6) is 3.59. The van der Waals surface area contributed by atoms with Crippen LogP contribution >= 0.6 is 0 Å². The minimum Gasteiger partial charge on any atom is -0.469 e. The third-order valence-corrected chi connectivity index (χ3v) is 10.9. The van der Waals surface area contributed by atoms with Gasteiger partial charge in [-0.3, -0.25) is 4.79 Å². The van der Waals surface area contributed by atoms with E-state index in [4.69, 9.17) is 9.47 Å². The standard InChI is InChI=1S/C25H40O4/c1-15(5-8-22(27)28-4)18-6-7-19-17-13-21-25(29-21)14-16(26)9-12-24(25,3)20(17)10-11-23(18,19)2/h15-21,26H,5-14H2,1-4H3/t15-,16?,17+,18-,19+,20+,21+,23-,24-,25+/m1/s1. The Kier molecular flexibility index (Phi) is 4.68. The van der Waals surface area contributed by atoms with Gasteiger partial charge in [-0.1, -0.05) is 20.8 Å². The largest absolute Gasteiger partial charge is 0.469 e. The summed E-state index contributed by atoms with van der Waals surface area (Å²) in [7, 11) is 1.50. The van der Waals surface area contributed by atoms with E-state index in [2.05, 4.69) is 20.8 Å². The number of carbonyl (C=O) groups is 1. The maximum absolute atomic E-state index is 11.7. The molecule has 4 nitrogen and oxygen atoms in total. The summed E-state index contributed by atoms with van der Waals surface area (Å²) in [6.07, 6.45) is 11.2. The first kappa shape index (κ1) is 20.3. The van der Waals surface area contributed by atoms with Crippen LogP contribution in [0.5, 0.6) is 0 Å². The number of hydrogen-bond donors (Lipinski definition) is 1. The summed E-state index contributed by atoms with van der Waals surface area (Å²) < 4.78 is 11.3. The molecule has 1 unspecified atom stereocenters. The lowest BCUT2D eigenvalue weighted by Crippen LogP contribution is -2.58. The summed E-state index contributed by atoms with van der Waals surface area (Å²) in [6, 6.07) is 0. The van der Waals surface area contributed by atoms with Crippen LogP contribution in [-0.2, 0) is 14.3 Å². The molecule has 0 aromatic heterocycles. The minimum absolute atomic E-state index is 0.00855. The van der Waals surface area contributed by atoms with Crippen molar-refractivity contribution in [2.45, 2.75) is 103 Å². The molecule has 4 saturated carbocycles. The fourth-order valence-corrected chi connectivity index (χ4v) is 9.28. The molecule has 5 rings (SSSR count). The normalized spacial score (nSPS) is 53.8. The predicted octanol–water partition coefficient (Wildman–Crippen LogP) is 4.73. The number of ether oxygens (including phenoxy) is 2. The Morgan fingerprint density at radius 2 is 1.97 bits per heavy atom. The number of carbonyl (C=O) groups excluding carboxylic acids is 1. The van der Waals surface area contributed by atoms with Gasteiger partial charge in [0, 0.05) is 18.3 Å². The van der Waals surface area contributed by atoms with Crippen LogP contribution in [0.25, 0.3) is 0 Å². The van der Waals surface area contributed by atoms with E-state index in [1.54, 1.807) is 0 Å². The first-order chi connectivity index (χ1) is 13.7. The molecule has 1 saturated heterocycles. The molecule has 1 heterocycles. The maximum Gasteiger partial charge on any atom is 0.305 e. The zero-order valence-electron chi connectivity index (χ0n) is 18.8. The lowest BCUT2D eigenvalue weighted by Gasteiger charge is -2.59. The minimum atomic E-state index is -0.162. The molecule has 0 aromatic carbocycles. The number of methoxy groups -OCH3 is 1. The topological polar surface area (TPSA) is 59.1 Å². The fourth-order valence-electron chi connectivity index (χ4n) is 9.28. The molecule has 0 amide bonds. The Morgan fingerprint density at radius 1 is 1.17 bits per heavy atom. The van der Waals surface area contributed by atoms with Gasteiger partial charge in [-0.25, -0.2) is 0 Å². The second-order valence-corrected chi connectivity index (χ2v) is 11.7. The first-order valence-corrected chi connectivity index (χ1v) is 12.2. The van der Waals surface area contributed by atoms with Crippen molar-refractivity contribution < 1.29 is 19.4 Å². The summed E-state index contributed by atoms with van der Waals surface area (Å²) in [4.78, 5) is 11.7. The molecule has 5 fully saturated rings. The molecule has 4 aliphatic carbocycles. The van der Waals surface area contributed by atoms with Gasteiger partial charge in [-0.2, -0.15) is 0 Å². The van der Waals surface area contributed by atoms with Crippen LogP contribution in [0.15, 0.2) is 0 Å². The van der Waals surface area contributed by atoms with Crippen LogP contribution in [0.4, 0.5) is 0 Å². The third kappa shape index (κ3) is 2.73. The second-order valence-electron chi connectivity index (χ2n) is 11.7. The highest BCUT2D eigenvalue weighted by atomic mass is 16.6. The average molecular weight is 405 g/mol. The molecule has 5 aliphatic rings. The Labute approximate surface area is 176 Å². The van der Waals surface area contributed by atoms with E-state index in [0.29, 0.717) is 23.9 Å². The van der Waals surface area contributed by atoms with Crippen LogP contribution in [0.3, 0.4) is 0 Å². The maximum atomic E-state index is 11.7. The summed E-state index contributed by atoms with van der Waals surface area (Å²) in [6.45, 7) is 7.44. The van der Waals surface area contributed by atoms with Crippen LogP contribution in [0.2, 0.25) is 0 Å². The predicted molar refractivity (Wildman–Crippen MR) is 111 cm³/mol. The third-order valence-electron chi connectivity index (χ3n) is 10.9. The van der Waals surface area contributed by atoms with E-state index in [9.17, 15) is 9.90 Å². The number of aliphatic hydroxyl groups excluding tert-OH is 1. The van der Waals surface area contributed by atoms with E-state index in [1.807, 2.05) is 0 Å². The van der Waals surface area contributed by atoms with Crippen molar-refractivity contribution in [3.05, 3.63) is 0 Å². The number of aliphatic hydroxyl groups is 1. The molecule has 0 bridgehead atoms. The smallest absolute Gasteiger partial charge is 0.305 e. The highest BCUT2D eigenvalue weighted by Gasteiger charge is 2.76. The van der Waals surface area contributed by atoms with Crippen LogP contribution in [0, 0.1) is 40.4 Å². The summed E-state index contributed by atoms with van der Waals surface area (Å²) >= 11 is 0. The Bertz CT molecular complexity index is 678. The average Bonchev–Trinajstić information content (AvgIpc) is 3.27. The van der Waals surface area contributed by atoms with E-state index < -0.39 is 0 Å². The van der Waals surface area contributed by atoms with Crippen molar-refractivity contribution in [3.8, 4) is 0 Å². The number of esters is 1. The molecule has 10 atom stereocenters. The van der Waals surface area contributed by atoms with Crippen LogP contribution < -0.4 is 0 Å². The highest BCUT2D eigenvalue weighted by Crippen LogP contribution is 2.74. The number of hydrogen-bond acceptors (Lipinski definition) is 4. The Morgan fingerprint density at radius 3 is 2.72 bits per heavy atom. The van der Waals surface area contributed by atoms with Crippen molar-refractivity contribution in [1.29, 1.82) is 0 Å². The molecule has 1 aliphatic heterocycles. The Balaban J connectivity index is 1.35. The van der Waals surface area contributed by atoms with Gasteiger partial charge in [0.1, 0.15) is 5.60 Å². The first-order valence-electron chi connectivity index (χ1n) is 12.2. The number of rotatable bonds is 4. The van der Waals surface area contributed by atoms with Crippen LogP contribution in [0.1, 0.15) is 85.0 Å². The monoisotopic (exact) mass is 404 g/mol. The van der Waals surface area contributed by atoms with Crippen molar-refractivity contribution in [2.75, 3.05) is 7.11 Å². The van der Waals surface area contributed by atoms with Gasteiger partial charge in [0.25, 0.3) is 0 Å². The van der Waals surface area contributed by atoms with Gasteiger partial charge in [-0.15, -0.1) is 0 Å². The molecule has 0 radical (unpaired) electrons. The zero-order chi connectivity index (χ0) is 20.6. The number of fused-ring (bicyclic) bond motifs is 4. The van der Waals surface area contributed by atoms with Crippen molar-refractivity contribution in [3.63, 3.8) is 0 Å². The SMILES string of the molecule is COC(=O)CC[C@@H](C)[C@H]1CC[C@H]2[C@@H]3C[C@@H]4O[C@@]45CC(O)CC[C@]5(C)[C@H]3CC[C@]12C.